The second-order valence-electron chi connectivity index (χ2n) is 6.56. The van der Waals surface area contributed by atoms with Crippen molar-refractivity contribution in [2.75, 3.05) is 11.1 Å². The molecule has 1 amide bonds. The van der Waals surface area contributed by atoms with Crippen molar-refractivity contribution in [3.8, 4) is 0 Å². The van der Waals surface area contributed by atoms with E-state index in [0.717, 1.165) is 16.2 Å². The first-order valence-electron chi connectivity index (χ1n) is 9.06. The number of nitrogens with zero attached hydrogens (tertiary/aromatic N) is 2. The fraction of sp³-hybridized carbons (Fsp3) is 0.286. The number of amides is 1. The second-order valence-corrected chi connectivity index (χ2v) is 7.73. The summed E-state index contributed by atoms with van der Waals surface area (Å²) >= 11 is 1.59. The van der Waals surface area contributed by atoms with Crippen LogP contribution in [0.15, 0.2) is 51.8 Å². The summed E-state index contributed by atoms with van der Waals surface area (Å²) in [5, 5.41) is 10.5. The lowest BCUT2D eigenvalue weighted by Crippen LogP contribution is -2.11. The highest BCUT2D eigenvalue weighted by atomic mass is 32.2. The van der Waals surface area contributed by atoms with Crippen LogP contribution in [0, 0.1) is 19.7 Å². The number of nitrogens with one attached hydrogen (secondary N) is 1. The van der Waals surface area contributed by atoms with Gasteiger partial charge in [0.2, 0.25) is 11.8 Å². The van der Waals surface area contributed by atoms with Gasteiger partial charge in [-0.3, -0.25) is 10.1 Å². The molecule has 0 saturated heterocycles. The van der Waals surface area contributed by atoms with Crippen LogP contribution >= 0.6 is 11.8 Å². The van der Waals surface area contributed by atoms with E-state index in [1.807, 2.05) is 19.1 Å². The molecule has 7 heteroatoms. The SMILES string of the molecule is Cc1ccc(Cc2nnc(NC(=O)CCCSc3ccc(F)cc3)o2)c(C)c1. The molecule has 0 bridgehead atoms. The minimum Gasteiger partial charge on any atom is -0.407 e. The third kappa shape index (κ3) is 5.92. The average molecular weight is 399 g/mol. The van der Waals surface area contributed by atoms with Crippen LogP contribution in [0.2, 0.25) is 0 Å². The fourth-order valence-corrected chi connectivity index (χ4v) is 3.57. The Kier molecular flexibility index (Phi) is 6.81. The number of aryl methyl sites for hydroxylation is 2. The number of carbonyl (C=O) groups is 1. The largest absolute Gasteiger partial charge is 0.407 e. The van der Waals surface area contributed by atoms with Gasteiger partial charge in [0, 0.05) is 11.3 Å². The summed E-state index contributed by atoms with van der Waals surface area (Å²) in [5.41, 5.74) is 3.49. The van der Waals surface area contributed by atoms with E-state index < -0.39 is 0 Å². The Morgan fingerprint density at radius 2 is 1.93 bits per heavy atom. The number of carbonyl (C=O) groups excluding carboxylic acids is 1. The first kappa shape index (κ1) is 20.1. The number of hydrogen-bond donors (Lipinski definition) is 1. The van der Waals surface area contributed by atoms with Gasteiger partial charge in [-0.1, -0.05) is 28.9 Å². The summed E-state index contributed by atoms with van der Waals surface area (Å²) in [6.45, 7) is 4.10. The normalized spacial score (nSPS) is 10.8. The molecule has 0 fully saturated rings. The maximum absolute atomic E-state index is 12.9. The third-order valence-corrected chi connectivity index (χ3v) is 5.28. The van der Waals surface area contributed by atoms with Gasteiger partial charge in [0.15, 0.2) is 0 Å². The summed E-state index contributed by atoms with van der Waals surface area (Å²) < 4.78 is 18.4. The number of anilines is 1. The Labute approximate surface area is 167 Å². The third-order valence-electron chi connectivity index (χ3n) is 4.18. The van der Waals surface area contributed by atoms with Crippen molar-refractivity contribution in [1.29, 1.82) is 0 Å². The summed E-state index contributed by atoms with van der Waals surface area (Å²) in [7, 11) is 0. The minimum absolute atomic E-state index is 0.121. The summed E-state index contributed by atoms with van der Waals surface area (Å²) in [5.74, 6) is 0.816. The van der Waals surface area contributed by atoms with Crippen LogP contribution in [0.4, 0.5) is 10.4 Å². The van der Waals surface area contributed by atoms with Crippen LogP contribution in [-0.4, -0.2) is 21.9 Å². The number of aromatic nitrogens is 2. The topological polar surface area (TPSA) is 68.0 Å². The zero-order valence-corrected chi connectivity index (χ0v) is 16.7. The maximum atomic E-state index is 12.9. The van der Waals surface area contributed by atoms with Crippen LogP contribution in [0.5, 0.6) is 0 Å². The molecule has 5 nitrogen and oxygen atoms in total. The quantitative estimate of drug-likeness (QED) is 0.430. The molecule has 0 aliphatic heterocycles. The average Bonchev–Trinajstić information content (AvgIpc) is 3.09. The number of hydrogen-bond acceptors (Lipinski definition) is 5. The lowest BCUT2D eigenvalue weighted by Gasteiger charge is -2.04. The van der Waals surface area contributed by atoms with Gasteiger partial charge in [-0.2, -0.15) is 0 Å². The van der Waals surface area contributed by atoms with Crippen molar-refractivity contribution >= 4 is 23.7 Å². The van der Waals surface area contributed by atoms with Crippen LogP contribution in [-0.2, 0) is 11.2 Å². The molecule has 1 heterocycles. The highest BCUT2D eigenvalue weighted by Gasteiger charge is 2.11. The highest BCUT2D eigenvalue weighted by molar-refractivity contribution is 7.99. The van der Waals surface area contributed by atoms with Crippen molar-refractivity contribution in [1.82, 2.24) is 10.2 Å². The van der Waals surface area contributed by atoms with Crippen molar-refractivity contribution in [2.24, 2.45) is 0 Å². The zero-order valence-electron chi connectivity index (χ0n) is 15.9. The van der Waals surface area contributed by atoms with Gasteiger partial charge in [-0.25, -0.2) is 4.39 Å². The summed E-state index contributed by atoms with van der Waals surface area (Å²) in [4.78, 5) is 13.0. The van der Waals surface area contributed by atoms with Gasteiger partial charge >= 0.3 is 6.01 Å². The van der Waals surface area contributed by atoms with Gasteiger partial charge in [0.25, 0.3) is 0 Å². The van der Waals surface area contributed by atoms with Crippen LogP contribution in [0.25, 0.3) is 0 Å². The van der Waals surface area contributed by atoms with Crippen LogP contribution in [0.3, 0.4) is 0 Å². The molecule has 1 aromatic heterocycles. The van der Waals surface area contributed by atoms with E-state index in [1.54, 1.807) is 23.9 Å². The molecule has 1 N–H and O–H groups in total. The lowest BCUT2D eigenvalue weighted by molar-refractivity contribution is -0.116. The van der Waals surface area contributed by atoms with E-state index in [1.165, 1.54) is 23.3 Å². The van der Waals surface area contributed by atoms with Crippen molar-refractivity contribution in [3.05, 3.63) is 70.9 Å². The maximum Gasteiger partial charge on any atom is 0.322 e. The molecule has 0 unspecified atom stereocenters. The smallest absolute Gasteiger partial charge is 0.322 e. The predicted octanol–water partition coefficient (Wildman–Crippen LogP) is 4.93. The van der Waals surface area contributed by atoms with Crippen LogP contribution < -0.4 is 5.32 Å². The Hall–Kier alpha value is -2.67. The number of benzene rings is 2. The molecule has 3 rings (SSSR count). The molecule has 146 valence electrons. The molecule has 0 spiro atoms. The molecular weight excluding hydrogens is 377 g/mol. The van der Waals surface area contributed by atoms with Crippen molar-refractivity contribution in [2.45, 2.75) is 38.0 Å². The Morgan fingerprint density at radius 1 is 1.14 bits per heavy atom. The van der Waals surface area contributed by atoms with Crippen molar-refractivity contribution < 1.29 is 13.6 Å². The second kappa shape index (κ2) is 9.50. The van der Waals surface area contributed by atoms with Gasteiger partial charge in [0.05, 0.1) is 6.42 Å². The van der Waals surface area contributed by atoms with E-state index >= 15 is 0 Å². The Balaban J connectivity index is 1.42. The van der Waals surface area contributed by atoms with E-state index in [4.69, 9.17) is 4.42 Å². The predicted molar refractivity (Wildman–Crippen MR) is 108 cm³/mol. The molecule has 0 aliphatic rings. The summed E-state index contributed by atoms with van der Waals surface area (Å²) in [6.07, 6.45) is 1.57. The molecular formula is C21H22FN3O2S. The minimum atomic E-state index is -0.250. The lowest BCUT2D eigenvalue weighted by atomic mass is 10.0. The Morgan fingerprint density at radius 3 is 2.68 bits per heavy atom. The molecule has 0 radical (unpaired) electrons. The van der Waals surface area contributed by atoms with E-state index in [9.17, 15) is 9.18 Å². The first-order chi connectivity index (χ1) is 13.5. The number of halogens is 1. The molecule has 0 aliphatic carbocycles. The van der Waals surface area contributed by atoms with Crippen LogP contribution in [0.1, 0.15) is 35.4 Å². The van der Waals surface area contributed by atoms with Gasteiger partial charge in [-0.15, -0.1) is 16.9 Å². The molecule has 0 saturated carbocycles. The standard InChI is InChI=1S/C21H22FN3O2S/c1-14-5-6-16(15(2)12-14)13-20-24-25-21(27-20)23-19(26)4-3-11-28-18-9-7-17(22)8-10-18/h5-10,12H,3-4,11,13H2,1-2H3,(H,23,25,26). The van der Waals surface area contributed by atoms with E-state index in [2.05, 4.69) is 28.5 Å². The first-order valence-corrected chi connectivity index (χ1v) is 10.0. The fourth-order valence-electron chi connectivity index (χ4n) is 2.72. The Bertz CT molecular complexity index is 941. The van der Waals surface area contributed by atoms with E-state index in [0.29, 0.717) is 25.2 Å². The van der Waals surface area contributed by atoms with Gasteiger partial charge in [0.1, 0.15) is 5.82 Å². The van der Waals surface area contributed by atoms with E-state index in [-0.39, 0.29) is 17.7 Å². The monoisotopic (exact) mass is 399 g/mol. The van der Waals surface area contributed by atoms with Gasteiger partial charge < -0.3 is 4.42 Å². The molecule has 28 heavy (non-hydrogen) atoms. The summed E-state index contributed by atoms with van der Waals surface area (Å²) in [6, 6.07) is 12.7. The number of thioether (sulfide) groups is 1. The number of rotatable bonds is 8. The zero-order chi connectivity index (χ0) is 19.9. The molecule has 0 atom stereocenters. The van der Waals surface area contributed by atoms with Gasteiger partial charge in [-0.05, 0) is 61.4 Å². The van der Waals surface area contributed by atoms with Crippen molar-refractivity contribution in [3.63, 3.8) is 0 Å². The molecule has 2 aromatic carbocycles. The molecule has 3 aromatic rings. The highest BCUT2D eigenvalue weighted by Crippen LogP contribution is 2.20.